The molecule has 2 atom stereocenters. The Morgan fingerprint density at radius 1 is 1.05 bits per heavy atom. The Bertz CT molecular complexity index is 1250. The minimum atomic E-state index is -0.486. The van der Waals surface area contributed by atoms with Crippen LogP contribution in [0.4, 0.5) is 13.6 Å². The zero-order valence-electron chi connectivity index (χ0n) is 24.7. The SMILES string of the molecule is CC/C(CC[C@H]1CNCCN1C(=O)N1CCCCC1)=C(\C=N)NC(=O)C[C@@H](c1ccc(F)cc1)c1cc(C)cc(F)c1. The van der Waals surface area contributed by atoms with E-state index in [1.54, 1.807) is 19.1 Å². The summed E-state index contributed by atoms with van der Waals surface area (Å²) in [6.07, 6.45) is 6.47. The van der Waals surface area contributed by atoms with Crippen LogP contribution in [0.5, 0.6) is 0 Å². The van der Waals surface area contributed by atoms with E-state index in [1.165, 1.54) is 36.9 Å². The molecule has 2 fully saturated rings. The Hall–Kier alpha value is -3.59. The van der Waals surface area contributed by atoms with Crippen LogP contribution in [0.3, 0.4) is 0 Å². The average molecular weight is 580 g/mol. The van der Waals surface area contributed by atoms with Crippen molar-refractivity contribution in [3.8, 4) is 0 Å². The number of aryl methyl sites for hydroxylation is 1. The molecule has 0 saturated carbocycles. The number of nitrogens with zero attached hydrogens (tertiary/aromatic N) is 2. The fraction of sp³-hybridized carbons (Fsp3) is 0.485. The van der Waals surface area contributed by atoms with Crippen LogP contribution in [0.15, 0.2) is 53.7 Å². The van der Waals surface area contributed by atoms with Gasteiger partial charge in [0, 0.05) is 57.3 Å². The van der Waals surface area contributed by atoms with Crippen LogP contribution < -0.4 is 10.6 Å². The lowest BCUT2D eigenvalue weighted by molar-refractivity contribution is -0.120. The molecule has 7 nitrogen and oxygen atoms in total. The van der Waals surface area contributed by atoms with E-state index in [0.717, 1.165) is 56.6 Å². The van der Waals surface area contributed by atoms with E-state index in [0.29, 0.717) is 36.2 Å². The van der Waals surface area contributed by atoms with Crippen molar-refractivity contribution in [2.45, 2.75) is 70.8 Å². The first-order valence-electron chi connectivity index (χ1n) is 15.1. The van der Waals surface area contributed by atoms with E-state index < -0.39 is 11.7 Å². The van der Waals surface area contributed by atoms with Gasteiger partial charge in [0.1, 0.15) is 11.6 Å². The molecule has 2 aliphatic heterocycles. The molecule has 2 heterocycles. The molecule has 0 spiro atoms. The van der Waals surface area contributed by atoms with Gasteiger partial charge in [0.05, 0.1) is 5.70 Å². The summed E-state index contributed by atoms with van der Waals surface area (Å²) in [5, 5.41) is 14.4. The van der Waals surface area contributed by atoms with Crippen molar-refractivity contribution in [3.63, 3.8) is 0 Å². The summed E-state index contributed by atoms with van der Waals surface area (Å²) >= 11 is 0. The van der Waals surface area contributed by atoms with Crippen LogP contribution in [0, 0.1) is 24.0 Å². The molecular formula is C33H43F2N5O2. The first kappa shape index (κ1) is 31.3. The Balaban J connectivity index is 1.47. The fourth-order valence-electron chi connectivity index (χ4n) is 6.08. The first-order valence-corrected chi connectivity index (χ1v) is 15.1. The lowest BCUT2D eigenvalue weighted by atomic mass is 9.87. The van der Waals surface area contributed by atoms with Gasteiger partial charge in [0.2, 0.25) is 5.91 Å². The quantitative estimate of drug-likeness (QED) is 0.307. The van der Waals surface area contributed by atoms with Crippen molar-refractivity contribution in [2.75, 3.05) is 32.7 Å². The molecule has 2 saturated heterocycles. The fourth-order valence-corrected chi connectivity index (χ4v) is 6.08. The monoisotopic (exact) mass is 579 g/mol. The second kappa shape index (κ2) is 15.0. The van der Waals surface area contributed by atoms with Crippen molar-refractivity contribution in [1.82, 2.24) is 20.4 Å². The number of carbonyl (C=O) groups is 2. The third kappa shape index (κ3) is 8.25. The predicted octanol–water partition coefficient (Wildman–Crippen LogP) is 5.88. The van der Waals surface area contributed by atoms with Crippen LogP contribution in [0.25, 0.3) is 0 Å². The van der Waals surface area contributed by atoms with Crippen molar-refractivity contribution in [1.29, 1.82) is 5.41 Å². The lowest BCUT2D eigenvalue weighted by Crippen LogP contribution is -2.57. The number of allylic oxidation sites excluding steroid dienone is 2. The second-order valence-corrected chi connectivity index (χ2v) is 11.4. The average Bonchev–Trinajstić information content (AvgIpc) is 2.99. The standard InChI is InChI=1S/C33H43F2N5O2/c1-3-24(9-12-29-22-37-13-16-40(29)33(42)39-14-5-4-6-15-39)31(21-36)38-32(41)20-30(25-7-10-27(34)11-8-25)26-17-23(2)18-28(35)19-26/h7-8,10-11,17-19,21,29-30,36-37H,3-6,9,12-16,20,22H2,1-2H3,(H,38,41)/b31-24-,36-21?/t29-,30-/m0/s1. The minimum Gasteiger partial charge on any atom is -0.325 e. The van der Waals surface area contributed by atoms with E-state index in [-0.39, 0.29) is 30.2 Å². The first-order chi connectivity index (χ1) is 20.3. The Kier molecular flexibility index (Phi) is 11.2. The lowest BCUT2D eigenvalue weighted by Gasteiger charge is -2.40. The number of rotatable bonds is 10. The third-order valence-electron chi connectivity index (χ3n) is 8.36. The number of urea groups is 1. The van der Waals surface area contributed by atoms with Gasteiger partial charge in [-0.15, -0.1) is 0 Å². The molecule has 42 heavy (non-hydrogen) atoms. The van der Waals surface area contributed by atoms with Crippen molar-refractivity contribution < 1.29 is 18.4 Å². The van der Waals surface area contributed by atoms with Crippen LogP contribution in [0.1, 0.15) is 74.5 Å². The summed E-state index contributed by atoms with van der Waals surface area (Å²) in [6.45, 7) is 7.58. The highest BCUT2D eigenvalue weighted by Crippen LogP contribution is 2.30. The molecule has 0 radical (unpaired) electrons. The van der Waals surface area contributed by atoms with Gasteiger partial charge in [-0.05, 0) is 92.0 Å². The Labute approximate surface area is 247 Å². The van der Waals surface area contributed by atoms with Gasteiger partial charge in [0.25, 0.3) is 0 Å². The van der Waals surface area contributed by atoms with Crippen molar-refractivity contribution in [2.24, 2.45) is 0 Å². The molecule has 9 heteroatoms. The van der Waals surface area contributed by atoms with Crippen LogP contribution in [-0.4, -0.2) is 66.7 Å². The van der Waals surface area contributed by atoms with Gasteiger partial charge in [-0.3, -0.25) is 4.79 Å². The summed E-state index contributed by atoms with van der Waals surface area (Å²) in [5.41, 5.74) is 3.46. The normalized spacial score (nSPS) is 18.7. The Morgan fingerprint density at radius 3 is 2.45 bits per heavy atom. The summed E-state index contributed by atoms with van der Waals surface area (Å²) in [6, 6.07) is 10.7. The van der Waals surface area contributed by atoms with Gasteiger partial charge >= 0.3 is 6.03 Å². The van der Waals surface area contributed by atoms with E-state index in [9.17, 15) is 18.4 Å². The highest BCUT2D eigenvalue weighted by molar-refractivity contribution is 5.88. The van der Waals surface area contributed by atoms with E-state index >= 15 is 0 Å². The summed E-state index contributed by atoms with van der Waals surface area (Å²) in [4.78, 5) is 30.6. The number of hydrogen-bond donors (Lipinski definition) is 3. The molecule has 0 aromatic heterocycles. The van der Waals surface area contributed by atoms with Gasteiger partial charge in [-0.1, -0.05) is 25.1 Å². The molecule has 3 amide bonds. The Morgan fingerprint density at radius 2 is 1.79 bits per heavy atom. The number of benzene rings is 2. The van der Waals surface area contributed by atoms with Crippen LogP contribution >= 0.6 is 0 Å². The summed E-state index contributed by atoms with van der Waals surface area (Å²) < 4.78 is 28.0. The number of hydrogen-bond acceptors (Lipinski definition) is 4. The smallest absolute Gasteiger partial charge is 0.320 e. The molecule has 0 aliphatic carbocycles. The van der Waals surface area contributed by atoms with Crippen LogP contribution in [0.2, 0.25) is 0 Å². The predicted molar refractivity (Wildman–Crippen MR) is 162 cm³/mol. The van der Waals surface area contributed by atoms with Gasteiger partial charge < -0.3 is 25.8 Å². The van der Waals surface area contributed by atoms with Gasteiger partial charge in [-0.2, -0.15) is 0 Å². The maximum Gasteiger partial charge on any atom is 0.320 e. The topological polar surface area (TPSA) is 88.5 Å². The number of nitrogens with one attached hydrogen (secondary N) is 3. The van der Waals surface area contributed by atoms with E-state index in [4.69, 9.17) is 5.41 Å². The molecule has 0 unspecified atom stereocenters. The van der Waals surface area contributed by atoms with Gasteiger partial charge in [0.15, 0.2) is 0 Å². The summed E-state index contributed by atoms with van der Waals surface area (Å²) in [5.74, 6) is -1.57. The molecule has 2 aromatic carbocycles. The minimum absolute atomic E-state index is 0.00746. The molecule has 2 aliphatic rings. The molecule has 3 N–H and O–H groups in total. The maximum atomic E-state index is 14.3. The number of piperidine rings is 1. The number of amides is 3. The zero-order chi connectivity index (χ0) is 30.1. The van der Waals surface area contributed by atoms with Crippen LogP contribution in [-0.2, 0) is 4.79 Å². The summed E-state index contributed by atoms with van der Waals surface area (Å²) in [7, 11) is 0. The zero-order valence-corrected chi connectivity index (χ0v) is 24.7. The second-order valence-electron chi connectivity index (χ2n) is 11.4. The molecule has 4 rings (SSSR count). The highest BCUT2D eigenvalue weighted by atomic mass is 19.1. The van der Waals surface area contributed by atoms with Crippen molar-refractivity contribution >= 4 is 18.2 Å². The molecule has 226 valence electrons. The number of likely N-dealkylation sites (tertiary alicyclic amines) is 1. The maximum absolute atomic E-state index is 14.3. The number of carbonyl (C=O) groups excluding carboxylic acids is 2. The van der Waals surface area contributed by atoms with E-state index in [2.05, 4.69) is 10.6 Å². The largest absolute Gasteiger partial charge is 0.325 e. The highest BCUT2D eigenvalue weighted by Gasteiger charge is 2.30. The van der Waals surface area contributed by atoms with Gasteiger partial charge in [-0.25, -0.2) is 13.6 Å². The van der Waals surface area contributed by atoms with Crippen molar-refractivity contribution in [3.05, 3.63) is 82.1 Å². The molecular weight excluding hydrogens is 536 g/mol. The molecule has 2 aromatic rings. The number of halogens is 2. The number of piperazine rings is 1. The molecule has 0 bridgehead atoms. The van der Waals surface area contributed by atoms with E-state index in [1.807, 2.05) is 22.8 Å². The third-order valence-corrected chi connectivity index (χ3v) is 8.36.